The van der Waals surface area contributed by atoms with Crippen molar-refractivity contribution < 1.29 is 14.3 Å². The van der Waals surface area contributed by atoms with E-state index < -0.39 is 11.8 Å². The Morgan fingerprint density at radius 2 is 1.75 bits per heavy atom. The van der Waals surface area contributed by atoms with Crippen LogP contribution >= 0.6 is 23.2 Å². The van der Waals surface area contributed by atoms with E-state index in [9.17, 15) is 9.59 Å². The van der Waals surface area contributed by atoms with Crippen LogP contribution in [0.5, 0.6) is 0 Å². The highest BCUT2D eigenvalue weighted by molar-refractivity contribution is 6.37. The van der Waals surface area contributed by atoms with Crippen molar-refractivity contribution in [2.24, 2.45) is 0 Å². The van der Waals surface area contributed by atoms with Crippen molar-refractivity contribution in [1.82, 2.24) is 0 Å². The third kappa shape index (κ3) is 4.60. The van der Waals surface area contributed by atoms with Gasteiger partial charge in [-0.25, -0.2) is 4.79 Å². The molecule has 4 nitrogen and oxygen atoms in total. The number of esters is 1. The van der Waals surface area contributed by atoms with Gasteiger partial charge in [-0.15, -0.1) is 0 Å². The van der Waals surface area contributed by atoms with Gasteiger partial charge in [-0.2, -0.15) is 0 Å². The van der Waals surface area contributed by atoms with Crippen molar-refractivity contribution in [2.45, 2.75) is 6.92 Å². The summed E-state index contributed by atoms with van der Waals surface area (Å²) in [5.41, 5.74) is 0.768. The first kappa shape index (κ1) is 18.0. The number of carbonyl (C=O) groups excluding carboxylic acids is 2. The van der Waals surface area contributed by atoms with E-state index in [4.69, 9.17) is 27.9 Å². The van der Waals surface area contributed by atoms with Gasteiger partial charge in [-0.1, -0.05) is 35.3 Å². The molecule has 0 spiro atoms. The topological polar surface area (TPSA) is 55.4 Å². The number of hydrogen-bond donors (Lipinski definition) is 1. The Bertz CT molecular complexity index is 770. The zero-order chi connectivity index (χ0) is 17.5. The molecule has 0 bridgehead atoms. The molecule has 6 heteroatoms. The highest BCUT2D eigenvalue weighted by atomic mass is 35.5. The standard InChI is InChI=1S/C18H15Cl2NO3/c1-2-24-18(23)15(11-21-13-9-7-12(19)8-10-13)17(22)14-5-3-4-6-16(14)20/h3-11,21H,2H2,1H3. The number of benzene rings is 2. The van der Waals surface area contributed by atoms with Crippen LogP contribution in [-0.4, -0.2) is 18.4 Å². The van der Waals surface area contributed by atoms with Gasteiger partial charge >= 0.3 is 5.97 Å². The van der Waals surface area contributed by atoms with Gasteiger partial charge in [0.1, 0.15) is 5.57 Å². The number of rotatable bonds is 6. The summed E-state index contributed by atoms with van der Waals surface area (Å²) >= 11 is 11.9. The van der Waals surface area contributed by atoms with Crippen molar-refractivity contribution in [3.05, 3.63) is 75.9 Å². The normalized spacial score (nSPS) is 11.0. The third-order valence-corrected chi connectivity index (χ3v) is 3.67. The molecule has 2 rings (SSSR count). The van der Waals surface area contributed by atoms with Crippen LogP contribution < -0.4 is 5.32 Å². The van der Waals surface area contributed by atoms with Crippen LogP contribution in [0.4, 0.5) is 5.69 Å². The molecular weight excluding hydrogens is 349 g/mol. The highest BCUT2D eigenvalue weighted by Crippen LogP contribution is 2.20. The molecule has 24 heavy (non-hydrogen) atoms. The summed E-state index contributed by atoms with van der Waals surface area (Å²) < 4.78 is 4.96. The fraction of sp³-hybridized carbons (Fsp3) is 0.111. The Morgan fingerprint density at radius 1 is 1.08 bits per heavy atom. The minimum absolute atomic E-state index is 0.139. The van der Waals surface area contributed by atoms with Gasteiger partial charge in [0.15, 0.2) is 0 Å². The molecule has 0 aromatic heterocycles. The number of anilines is 1. The Balaban J connectivity index is 2.32. The highest BCUT2D eigenvalue weighted by Gasteiger charge is 2.22. The van der Waals surface area contributed by atoms with Gasteiger partial charge in [0.05, 0.1) is 11.6 Å². The summed E-state index contributed by atoms with van der Waals surface area (Å²) in [4.78, 5) is 24.8. The molecule has 0 heterocycles. The van der Waals surface area contributed by atoms with Crippen molar-refractivity contribution in [3.8, 4) is 0 Å². The molecule has 0 saturated heterocycles. The maximum atomic E-state index is 12.6. The van der Waals surface area contributed by atoms with E-state index in [0.717, 1.165) is 0 Å². The molecule has 0 atom stereocenters. The first-order valence-electron chi connectivity index (χ1n) is 7.21. The molecule has 0 radical (unpaired) electrons. The maximum Gasteiger partial charge on any atom is 0.343 e. The number of halogens is 2. The molecule has 0 unspecified atom stereocenters. The van der Waals surface area contributed by atoms with E-state index in [1.54, 1.807) is 55.5 Å². The van der Waals surface area contributed by atoms with E-state index >= 15 is 0 Å². The minimum Gasteiger partial charge on any atom is -0.462 e. The number of Topliss-reactive ketones (excluding diaryl/α,β-unsaturated/α-hetero) is 1. The summed E-state index contributed by atoms with van der Waals surface area (Å²) in [6, 6.07) is 13.4. The van der Waals surface area contributed by atoms with Gasteiger partial charge in [0.2, 0.25) is 5.78 Å². The number of nitrogens with one attached hydrogen (secondary N) is 1. The van der Waals surface area contributed by atoms with Gasteiger partial charge in [0.25, 0.3) is 0 Å². The molecule has 0 aliphatic carbocycles. The van der Waals surface area contributed by atoms with Crippen molar-refractivity contribution >= 4 is 40.6 Å². The van der Waals surface area contributed by atoms with Crippen molar-refractivity contribution in [2.75, 3.05) is 11.9 Å². The smallest absolute Gasteiger partial charge is 0.343 e. The zero-order valence-corrected chi connectivity index (χ0v) is 14.4. The zero-order valence-electron chi connectivity index (χ0n) is 12.9. The van der Waals surface area contributed by atoms with Gasteiger partial charge in [-0.05, 0) is 43.3 Å². The Hall–Kier alpha value is -2.30. The molecule has 1 N–H and O–H groups in total. The first-order valence-corrected chi connectivity index (χ1v) is 7.97. The first-order chi connectivity index (χ1) is 11.5. The van der Waals surface area contributed by atoms with Crippen LogP contribution in [0.15, 0.2) is 60.3 Å². The van der Waals surface area contributed by atoms with Crippen LogP contribution in [0.1, 0.15) is 17.3 Å². The maximum absolute atomic E-state index is 12.6. The van der Waals surface area contributed by atoms with Crippen LogP contribution in [0.2, 0.25) is 10.0 Å². The van der Waals surface area contributed by atoms with E-state index in [2.05, 4.69) is 5.32 Å². The lowest BCUT2D eigenvalue weighted by molar-refractivity contribution is -0.138. The molecule has 0 amide bonds. The van der Waals surface area contributed by atoms with Crippen LogP contribution in [-0.2, 0) is 9.53 Å². The predicted octanol–water partition coefficient (Wildman–Crippen LogP) is 4.74. The second kappa shape index (κ2) is 8.52. The average Bonchev–Trinajstić information content (AvgIpc) is 2.57. The van der Waals surface area contributed by atoms with E-state index in [1.807, 2.05) is 0 Å². The predicted molar refractivity (Wildman–Crippen MR) is 95.6 cm³/mol. The second-order valence-electron chi connectivity index (χ2n) is 4.74. The lowest BCUT2D eigenvalue weighted by Crippen LogP contribution is -2.18. The van der Waals surface area contributed by atoms with Gasteiger partial charge in [-0.3, -0.25) is 4.79 Å². The van der Waals surface area contributed by atoms with E-state index in [-0.39, 0.29) is 22.8 Å². The molecular formula is C18H15Cl2NO3. The lowest BCUT2D eigenvalue weighted by atomic mass is 10.0. The van der Waals surface area contributed by atoms with Crippen molar-refractivity contribution in [3.63, 3.8) is 0 Å². The Kier molecular flexibility index (Phi) is 6.41. The fourth-order valence-corrected chi connectivity index (χ4v) is 2.27. The molecule has 0 saturated carbocycles. The molecule has 2 aromatic carbocycles. The van der Waals surface area contributed by atoms with E-state index in [0.29, 0.717) is 10.7 Å². The lowest BCUT2D eigenvalue weighted by Gasteiger charge is -2.09. The number of ketones is 1. The van der Waals surface area contributed by atoms with Crippen LogP contribution in [0, 0.1) is 0 Å². The summed E-state index contributed by atoms with van der Waals surface area (Å²) in [5.74, 6) is -1.23. The summed E-state index contributed by atoms with van der Waals surface area (Å²) in [5, 5.41) is 3.75. The molecule has 124 valence electrons. The average molecular weight is 364 g/mol. The van der Waals surface area contributed by atoms with Crippen LogP contribution in [0.25, 0.3) is 0 Å². The summed E-state index contributed by atoms with van der Waals surface area (Å²) in [6.07, 6.45) is 1.31. The van der Waals surface area contributed by atoms with Gasteiger partial charge in [0, 0.05) is 22.5 Å². The fourth-order valence-electron chi connectivity index (χ4n) is 1.92. The number of hydrogen-bond acceptors (Lipinski definition) is 4. The quantitative estimate of drug-likeness (QED) is 0.265. The molecule has 0 fully saturated rings. The molecule has 0 aliphatic rings. The third-order valence-electron chi connectivity index (χ3n) is 3.09. The Morgan fingerprint density at radius 3 is 2.38 bits per heavy atom. The largest absolute Gasteiger partial charge is 0.462 e. The number of ether oxygens (including phenoxy) is 1. The summed E-state index contributed by atoms with van der Waals surface area (Å²) in [6.45, 7) is 1.83. The van der Waals surface area contributed by atoms with Crippen molar-refractivity contribution in [1.29, 1.82) is 0 Å². The molecule has 0 aliphatic heterocycles. The summed E-state index contributed by atoms with van der Waals surface area (Å²) in [7, 11) is 0. The van der Waals surface area contributed by atoms with Gasteiger partial charge < -0.3 is 10.1 Å². The second-order valence-corrected chi connectivity index (χ2v) is 5.58. The molecule has 2 aromatic rings. The monoisotopic (exact) mass is 363 g/mol. The van der Waals surface area contributed by atoms with Crippen LogP contribution in [0.3, 0.4) is 0 Å². The Labute approximate surface area is 150 Å². The number of carbonyl (C=O) groups is 2. The minimum atomic E-state index is -0.719. The SMILES string of the molecule is CCOC(=O)C(=CNc1ccc(Cl)cc1)C(=O)c1ccccc1Cl. The van der Waals surface area contributed by atoms with E-state index in [1.165, 1.54) is 6.20 Å².